The third kappa shape index (κ3) is 5.06. The number of para-hydroxylation sites is 3. The third-order valence-corrected chi connectivity index (χ3v) is 6.97. The lowest BCUT2D eigenvalue weighted by Gasteiger charge is -2.23. The summed E-state index contributed by atoms with van der Waals surface area (Å²) in [6.45, 7) is 0. The molecule has 0 spiro atoms. The van der Waals surface area contributed by atoms with Crippen LogP contribution in [0, 0.1) is 0 Å². The van der Waals surface area contributed by atoms with Gasteiger partial charge in [-0.25, -0.2) is 0 Å². The monoisotopic (exact) mass is 540 g/mol. The van der Waals surface area contributed by atoms with Gasteiger partial charge in [-0.15, -0.1) is 10.2 Å². The van der Waals surface area contributed by atoms with Crippen molar-refractivity contribution in [3.63, 3.8) is 0 Å². The number of halogens is 1. The fourth-order valence-corrected chi connectivity index (χ4v) is 5.04. The van der Waals surface area contributed by atoms with E-state index in [-0.39, 0.29) is 11.7 Å². The van der Waals surface area contributed by atoms with Gasteiger partial charge >= 0.3 is 0 Å². The van der Waals surface area contributed by atoms with Crippen molar-refractivity contribution in [1.29, 1.82) is 0 Å². The first kappa shape index (κ1) is 23.1. The van der Waals surface area contributed by atoms with Gasteiger partial charge in [-0.2, -0.15) is 0 Å². The van der Waals surface area contributed by atoms with Crippen LogP contribution in [0.3, 0.4) is 0 Å². The normalized spacial score (nSPS) is 10.8. The van der Waals surface area contributed by atoms with Crippen molar-refractivity contribution in [1.82, 2.24) is 14.8 Å². The Morgan fingerprint density at radius 3 is 1.89 bits per heavy atom. The largest absolute Gasteiger partial charge is 0.280 e. The van der Waals surface area contributed by atoms with Crippen molar-refractivity contribution in [3.8, 4) is 17.1 Å². The van der Waals surface area contributed by atoms with Crippen LogP contribution in [-0.4, -0.2) is 26.4 Å². The number of hydrogen-bond donors (Lipinski definition) is 0. The highest BCUT2D eigenvalue weighted by atomic mass is 79.9. The second kappa shape index (κ2) is 10.7. The molecule has 0 atom stereocenters. The number of amides is 1. The van der Waals surface area contributed by atoms with E-state index >= 15 is 0 Å². The van der Waals surface area contributed by atoms with Crippen LogP contribution < -0.4 is 4.90 Å². The van der Waals surface area contributed by atoms with Gasteiger partial charge in [0.15, 0.2) is 11.0 Å². The molecule has 0 N–H and O–H groups in total. The van der Waals surface area contributed by atoms with E-state index in [9.17, 15) is 4.79 Å². The topological polar surface area (TPSA) is 51.0 Å². The van der Waals surface area contributed by atoms with Crippen LogP contribution in [0.15, 0.2) is 125 Å². The van der Waals surface area contributed by atoms with E-state index in [0.29, 0.717) is 11.0 Å². The van der Waals surface area contributed by atoms with Gasteiger partial charge in [0, 0.05) is 27.1 Å². The summed E-state index contributed by atoms with van der Waals surface area (Å²) in [5.41, 5.74) is 3.50. The molecule has 35 heavy (non-hydrogen) atoms. The second-order valence-electron chi connectivity index (χ2n) is 7.65. The van der Waals surface area contributed by atoms with Gasteiger partial charge in [0.2, 0.25) is 5.91 Å². The first-order valence-corrected chi connectivity index (χ1v) is 12.8. The summed E-state index contributed by atoms with van der Waals surface area (Å²) in [6, 6.07) is 37.2. The molecule has 5 rings (SSSR count). The van der Waals surface area contributed by atoms with Crippen molar-refractivity contribution in [2.24, 2.45) is 0 Å². The first-order valence-electron chi connectivity index (χ1n) is 11.0. The van der Waals surface area contributed by atoms with Crippen LogP contribution in [0.4, 0.5) is 11.4 Å². The number of benzene rings is 4. The molecule has 0 aliphatic heterocycles. The van der Waals surface area contributed by atoms with E-state index in [4.69, 9.17) is 0 Å². The number of hydrogen-bond acceptors (Lipinski definition) is 4. The first-order chi connectivity index (χ1) is 17.2. The lowest BCUT2D eigenvalue weighted by Crippen LogP contribution is -2.27. The predicted octanol–water partition coefficient (Wildman–Crippen LogP) is 7.15. The molecule has 4 aromatic carbocycles. The van der Waals surface area contributed by atoms with Gasteiger partial charge in [-0.3, -0.25) is 14.3 Å². The fourth-order valence-electron chi connectivity index (χ4n) is 3.77. The fraction of sp³-hybridized carbons (Fsp3) is 0.0357. The number of nitrogens with zero attached hydrogens (tertiary/aromatic N) is 4. The molecule has 172 valence electrons. The quantitative estimate of drug-likeness (QED) is 0.205. The van der Waals surface area contributed by atoms with Gasteiger partial charge in [0.1, 0.15) is 0 Å². The Hall–Kier alpha value is -3.68. The zero-order chi connectivity index (χ0) is 24.0. The Kier molecular flexibility index (Phi) is 7.07. The zero-order valence-electron chi connectivity index (χ0n) is 18.7. The van der Waals surface area contributed by atoms with Crippen LogP contribution in [-0.2, 0) is 4.79 Å². The Labute approximate surface area is 216 Å². The van der Waals surface area contributed by atoms with Crippen LogP contribution in [0.1, 0.15) is 0 Å². The predicted molar refractivity (Wildman–Crippen MR) is 145 cm³/mol. The number of carbonyl (C=O) groups is 1. The minimum Gasteiger partial charge on any atom is -0.280 e. The molecule has 0 aliphatic carbocycles. The van der Waals surface area contributed by atoms with E-state index in [2.05, 4.69) is 26.1 Å². The minimum absolute atomic E-state index is 0.0440. The highest BCUT2D eigenvalue weighted by Crippen LogP contribution is 2.33. The Morgan fingerprint density at radius 1 is 0.743 bits per heavy atom. The summed E-state index contributed by atoms with van der Waals surface area (Å²) < 4.78 is 2.92. The summed E-state index contributed by atoms with van der Waals surface area (Å²) in [5.74, 6) is 0.865. The molecule has 0 bridgehead atoms. The average molecular weight is 541 g/mol. The molecule has 5 nitrogen and oxygen atoms in total. The molecular weight excluding hydrogens is 520 g/mol. The molecule has 0 fully saturated rings. The Bertz CT molecular complexity index is 1390. The summed E-state index contributed by atoms with van der Waals surface area (Å²) in [6.07, 6.45) is 0. The Morgan fingerprint density at radius 2 is 1.29 bits per heavy atom. The summed E-state index contributed by atoms with van der Waals surface area (Å²) in [5, 5.41) is 9.62. The summed E-state index contributed by atoms with van der Waals surface area (Å²) >= 11 is 5.01. The molecule has 1 aromatic heterocycles. The van der Waals surface area contributed by atoms with Crippen LogP contribution in [0.5, 0.6) is 0 Å². The average Bonchev–Trinajstić information content (AvgIpc) is 3.33. The number of thioether (sulfide) groups is 1. The number of rotatable bonds is 7. The molecule has 7 heteroatoms. The maximum absolute atomic E-state index is 13.5. The van der Waals surface area contributed by atoms with E-state index in [1.807, 2.05) is 120 Å². The molecule has 5 aromatic rings. The standard InChI is InChI=1S/C28H21BrN4OS/c29-25-19-11-10-18-24(25)27-30-31-28(33(27)23-16-8-3-9-17-23)35-20-26(34)32(21-12-4-1-5-13-21)22-14-6-2-7-15-22/h1-19H,20H2. The lowest BCUT2D eigenvalue weighted by molar-refractivity contribution is -0.115. The highest BCUT2D eigenvalue weighted by molar-refractivity contribution is 9.10. The number of anilines is 2. The highest BCUT2D eigenvalue weighted by Gasteiger charge is 2.22. The van der Waals surface area contributed by atoms with Gasteiger partial charge in [0.25, 0.3) is 0 Å². The lowest BCUT2D eigenvalue weighted by atomic mass is 10.2. The smallest absolute Gasteiger partial charge is 0.242 e. The van der Waals surface area contributed by atoms with Crippen LogP contribution in [0.25, 0.3) is 17.1 Å². The zero-order valence-corrected chi connectivity index (χ0v) is 21.1. The van der Waals surface area contributed by atoms with Crippen LogP contribution >= 0.6 is 27.7 Å². The van der Waals surface area contributed by atoms with Crippen molar-refractivity contribution in [2.75, 3.05) is 10.7 Å². The SMILES string of the molecule is O=C(CSc1nnc(-c2ccccc2Br)n1-c1ccccc1)N(c1ccccc1)c1ccccc1. The molecule has 0 aliphatic rings. The molecule has 1 amide bonds. The maximum Gasteiger partial charge on any atom is 0.242 e. The second-order valence-corrected chi connectivity index (χ2v) is 9.44. The molecule has 0 saturated heterocycles. The number of aromatic nitrogens is 3. The van der Waals surface area contributed by atoms with Gasteiger partial charge in [-0.05, 0) is 42.5 Å². The molecule has 1 heterocycles. The van der Waals surface area contributed by atoms with Crippen molar-refractivity contribution >= 4 is 45.0 Å². The number of carbonyl (C=O) groups excluding carboxylic acids is 1. The van der Waals surface area contributed by atoms with E-state index < -0.39 is 0 Å². The van der Waals surface area contributed by atoms with Crippen molar-refractivity contribution < 1.29 is 4.79 Å². The maximum atomic E-state index is 13.5. The van der Waals surface area contributed by atoms with Gasteiger partial charge in [-0.1, -0.05) is 100 Å². The van der Waals surface area contributed by atoms with E-state index in [1.54, 1.807) is 4.90 Å². The third-order valence-electron chi connectivity index (χ3n) is 5.37. The Balaban J connectivity index is 1.48. The van der Waals surface area contributed by atoms with E-state index in [1.165, 1.54) is 11.8 Å². The summed E-state index contributed by atoms with van der Waals surface area (Å²) in [4.78, 5) is 15.3. The van der Waals surface area contributed by atoms with Crippen molar-refractivity contribution in [2.45, 2.75) is 5.16 Å². The van der Waals surface area contributed by atoms with Gasteiger partial charge in [0.05, 0.1) is 5.75 Å². The van der Waals surface area contributed by atoms with Gasteiger partial charge < -0.3 is 0 Å². The van der Waals surface area contributed by atoms with Crippen molar-refractivity contribution in [3.05, 3.63) is 120 Å². The molecule has 0 saturated carbocycles. The van der Waals surface area contributed by atoms with E-state index in [0.717, 1.165) is 27.1 Å². The minimum atomic E-state index is -0.0440. The molecule has 0 unspecified atom stereocenters. The van der Waals surface area contributed by atoms with Crippen LogP contribution in [0.2, 0.25) is 0 Å². The molecular formula is C28H21BrN4OS. The molecule has 0 radical (unpaired) electrons. The summed E-state index contributed by atoms with van der Waals surface area (Å²) in [7, 11) is 0.